The smallest absolute Gasteiger partial charge is 0.224 e. The third-order valence-electron chi connectivity index (χ3n) is 2.68. The Balaban J connectivity index is 2.47. The van der Waals surface area contributed by atoms with Gasteiger partial charge >= 0.3 is 0 Å². The van der Waals surface area contributed by atoms with Crippen LogP contribution in [-0.4, -0.2) is 24.0 Å². The Labute approximate surface area is 101 Å². The van der Waals surface area contributed by atoms with Crippen molar-refractivity contribution >= 4 is 5.91 Å². The molecule has 0 saturated heterocycles. The molecule has 5 heteroatoms. The van der Waals surface area contributed by atoms with Crippen molar-refractivity contribution in [2.24, 2.45) is 11.7 Å². The molecule has 0 aliphatic rings. The molecule has 0 fully saturated rings. The number of nitrogens with zero attached hydrogens (tertiary/aromatic N) is 1. The van der Waals surface area contributed by atoms with Crippen molar-refractivity contribution in [3.05, 3.63) is 23.9 Å². The summed E-state index contributed by atoms with van der Waals surface area (Å²) >= 11 is 0. The van der Waals surface area contributed by atoms with Crippen molar-refractivity contribution in [2.45, 2.75) is 26.4 Å². The molecule has 0 aliphatic carbocycles. The van der Waals surface area contributed by atoms with Crippen LogP contribution in [0.25, 0.3) is 0 Å². The molecule has 1 aromatic rings. The Bertz CT molecular complexity index is 363. The molecule has 1 heterocycles. The van der Waals surface area contributed by atoms with Gasteiger partial charge in [0.05, 0.1) is 7.11 Å². The summed E-state index contributed by atoms with van der Waals surface area (Å²) in [6.45, 7) is 4.08. The fourth-order valence-electron chi connectivity index (χ4n) is 1.23. The van der Waals surface area contributed by atoms with Crippen LogP contribution in [0.4, 0.5) is 0 Å². The average Bonchev–Trinajstić information content (AvgIpc) is 2.35. The quantitative estimate of drug-likeness (QED) is 0.790. The maximum atomic E-state index is 11.6. The molecule has 0 bridgehead atoms. The van der Waals surface area contributed by atoms with Crippen molar-refractivity contribution in [1.82, 2.24) is 10.3 Å². The SMILES string of the molecule is COc1ccc(CNC(=O)C(C)C(C)N)cn1. The normalized spacial score (nSPS) is 13.9. The summed E-state index contributed by atoms with van der Waals surface area (Å²) in [7, 11) is 1.56. The van der Waals surface area contributed by atoms with Gasteiger partial charge in [0.2, 0.25) is 11.8 Å². The largest absolute Gasteiger partial charge is 0.481 e. The lowest BCUT2D eigenvalue weighted by molar-refractivity contribution is -0.125. The maximum Gasteiger partial charge on any atom is 0.224 e. The Morgan fingerprint density at radius 3 is 2.71 bits per heavy atom. The third kappa shape index (κ3) is 4.03. The van der Waals surface area contributed by atoms with Crippen LogP contribution in [-0.2, 0) is 11.3 Å². The van der Waals surface area contributed by atoms with E-state index in [4.69, 9.17) is 10.5 Å². The van der Waals surface area contributed by atoms with Crippen LogP contribution in [0.2, 0.25) is 0 Å². The second-order valence-electron chi connectivity index (χ2n) is 4.07. The summed E-state index contributed by atoms with van der Waals surface area (Å²) in [5.41, 5.74) is 6.58. The minimum Gasteiger partial charge on any atom is -0.481 e. The van der Waals surface area contributed by atoms with Gasteiger partial charge in [0.1, 0.15) is 0 Å². The summed E-state index contributed by atoms with van der Waals surface area (Å²) in [5.74, 6) is 0.320. The van der Waals surface area contributed by atoms with Crippen molar-refractivity contribution in [1.29, 1.82) is 0 Å². The third-order valence-corrected chi connectivity index (χ3v) is 2.68. The van der Waals surface area contributed by atoms with E-state index in [0.717, 1.165) is 5.56 Å². The number of amides is 1. The highest BCUT2D eigenvalue weighted by atomic mass is 16.5. The number of hydrogen-bond donors (Lipinski definition) is 2. The highest BCUT2D eigenvalue weighted by Gasteiger charge is 2.16. The fraction of sp³-hybridized carbons (Fsp3) is 0.500. The molecule has 0 spiro atoms. The van der Waals surface area contributed by atoms with Gasteiger partial charge in [-0.3, -0.25) is 4.79 Å². The second kappa shape index (κ2) is 6.20. The van der Waals surface area contributed by atoms with Crippen LogP contribution in [0.5, 0.6) is 5.88 Å². The van der Waals surface area contributed by atoms with E-state index in [1.165, 1.54) is 0 Å². The molecule has 0 aliphatic heterocycles. The summed E-state index contributed by atoms with van der Waals surface area (Å²) in [6.07, 6.45) is 1.68. The van der Waals surface area contributed by atoms with E-state index >= 15 is 0 Å². The average molecular weight is 237 g/mol. The van der Waals surface area contributed by atoms with E-state index in [0.29, 0.717) is 12.4 Å². The zero-order chi connectivity index (χ0) is 12.8. The number of methoxy groups -OCH3 is 1. The number of nitrogens with two attached hydrogens (primary N) is 1. The number of rotatable bonds is 5. The van der Waals surface area contributed by atoms with Crippen LogP contribution in [0.1, 0.15) is 19.4 Å². The highest BCUT2D eigenvalue weighted by molar-refractivity contribution is 5.78. The first-order valence-corrected chi connectivity index (χ1v) is 5.56. The number of carbonyl (C=O) groups excluding carboxylic acids is 1. The van der Waals surface area contributed by atoms with Crippen molar-refractivity contribution in [3.63, 3.8) is 0 Å². The van der Waals surface area contributed by atoms with Crippen molar-refractivity contribution < 1.29 is 9.53 Å². The molecule has 2 atom stereocenters. The van der Waals surface area contributed by atoms with Gasteiger partial charge in [0.25, 0.3) is 0 Å². The second-order valence-corrected chi connectivity index (χ2v) is 4.07. The van der Waals surface area contributed by atoms with E-state index in [-0.39, 0.29) is 17.9 Å². The predicted octanol–water partition coefficient (Wildman–Crippen LogP) is 0.690. The van der Waals surface area contributed by atoms with Gasteiger partial charge in [-0.15, -0.1) is 0 Å². The van der Waals surface area contributed by atoms with Gasteiger partial charge in [-0.2, -0.15) is 0 Å². The summed E-state index contributed by atoms with van der Waals surface area (Å²) in [4.78, 5) is 15.7. The molecular formula is C12H19N3O2. The molecule has 0 saturated carbocycles. The van der Waals surface area contributed by atoms with Crippen molar-refractivity contribution in [2.75, 3.05) is 7.11 Å². The van der Waals surface area contributed by atoms with E-state index < -0.39 is 0 Å². The van der Waals surface area contributed by atoms with Crippen LogP contribution in [0, 0.1) is 5.92 Å². The van der Waals surface area contributed by atoms with E-state index in [9.17, 15) is 4.79 Å². The first-order valence-electron chi connectivity index (χ1n) is 5.56. The molecule has 0 aromatic carbocycles. The standard InChI is InChI=1S/C12H19N3O2/c1-8(9(2)13)12(16)15-7-10-4-5-11(17-3)14-6-10/h4-6,8-9H,7,13H2,1-3H3,(H,15,16). The zero-order valence-corrected chi connectivity index (χ0v) is 10.4. The zero-order valence-electron chi connectivity index (χ0n) is 10.4. The lowest BCUT2D eigenvalue weighted by atomic mass is 10.0. The molecule has 94 valence electrons. The number of ether oxygens (including phenoxy) is 1. The van der Waals surface area contributed by atoms with Gasteiger partial charge in [-0.25, -0.2) is 4.98 Å². The first-order chi connectivity index (χ1) is 8.04. The lowest BCUT2D eigenvalue weighted by Gasteiger charge is -2.15. The highest BCUT2D eigenvalue weighted by Crippen LogP contribution is 2.07. The van der Waals surface area contributed by atoms with Crippen molar-refractivity contribution in [3.8, 4) is 5.88 Å². The molecule has 1 rings (SSSR count). The molecular weight excluding hydrogens is 218 g/mol. The van der Waals surface area contributed by atoms with Crippen LogP contribution in [0.15, 0.2) is 18.3 Å². The minimum absolute atomic E-state index is 0.0455. The number of aromatic nitrogens is 1. The Hall–Kier alpha value is -1.62. The Morgan fingerprint density at radius 2 is 2.24 bits per heavy atom. The fourth-order valence-corrected chi connectivity index (χ4v) is 1.23. The topological polar surface area (TPSA) is 77.2 Å². The van der Waals surface area contributed by atoms with Gasteiger partial charge in [-0.1, -0.05) is 13.0 Å². The van der Waals surface area contributed by atoms with Gasteiger partial charge < -0.3 is 15.8 Å². The summed E-state index contributed by atoms with van der Waals surface area (Å²) in [6, 6.07) is 3.48. The molecule has 1 aromatic heterocycles. The minimum atomic E-state index is -0.193. The Kier molecular flexibility index (Phi) is 4.90. The molecule has 0 radical (unpaired) electrons. The molecule has 3 N–H and O–H groups in total. The van der Waals surface area contributed by atoms with Gasteiger partial charge in [-0.05, 0) is 12.5 Å². The summed E-state index contributed by atoms with van der Waals surface area (Å²) < 4.78 is 4.95. The molecule has 5 nitrogen and oxygen atoms in total. The van der Waals surface area contributed by atoms with Crippen LogP contribution in [0.3, 0.4) is 0 Å². The summed E-state index contributed by atoms with van der Waals surface area (Å²) in [5, 5.41) is 2.82. The first kappa shape index (κ1) is 13.4. The number of hydrogen-bond acceptors (Lipinski definition) is 4. The predicted molar refractivity (Wildman–Crippen MR) is 65.4 cm³/mol. The van der Waals surface area contributed by atoms with E-state index in [2.05, 4.69) is 10.3 Å². The van der Waals surface area contributed by atoms with Gasteiger partial charge in [0.15, 0.2) is 0 Å². The van der Waals surface area contributed by atoms with Crippen LogP contribution < -0.4 is 15.8 Å². The molecule has 2 unspecified atom stereocenters. The maximum absolute atomic E-state index is 11.6. The van der Waals surface area contributed by atoms with E-state index in [1.54, 1.807) is 19.4 Å². The van der Waals surface area contributed by atoms with E-state index in [1.807, 2.05) is 19.9 Å². The number of nitrogens with one attached hydrogen (secondary N) is 1. The lowest BCUT2D eigenvalue weighted by Crippen LogP contribution is -2.38. The number of pyridine rings is 1. The van der Waals surface area contributed by atoms with Crippen LogP contribution >= 0.6 is 0 Å². The molecule has 17 heavy (non-hydrogen) atoms. The van der Waals surface area contributed by atoms with Gasteiger partial charge in [0, 0.05) is 30.8 Å². The monoisotopic (exact) mass is 237 g/mol. The molecule has 1 amide bonds. The Morgan fingerprint density at radius 1 is 1.53 bits per heavy atom. The number of carbonyl (C=O) groups is 1.